The Morgan fingerprint density at radius 2 is 2.20 bits per heavy atom. The largest absolute Gasteiger partial charge is 1.00 e. The molecule has 1 saturated heterocycles. The third kappa shape index (κ3) is 1.01. The van der Waals surface area contributed by atoms with Gasteiger partial charge in [-0.1, -0.05) is 0 Å². The molecule has 1 saturated carbocycles. The van der Waals surface area contributed by atoms with Gasteiger partial charge in [-0.25, -0.2) is 0 Å². The minimum absolute atomic E-state index is 0. The van der Waals surface area contributed by atoms with Crippen LogP contribution in [0.1, 0.15) is 6.42 Å². The molecule has 10 heavy (non-hydrogen) atoms. The molecule has 1 heterocycles. The summed E-state index contributed by atoms with van der Waals surface area (Å²) in [4.78, 5) is 10.2. The van der Waals surface area contributed by atoms with Crippen molar-refractivity contribution in [1.29, 1.82) is 0 Å². The van der Waals surface area contributed by atoms with Gasteiger partial charge in [0.1, 0.15) is 0 Å². The summed E-state index contributed by atoms with van der Waals surface area (Å²) in [5.74, 6) is -1.11. The van der Waals surface area contributed by atoms with E-state index in [0.717, 1.165) is 6.42 Å². The third-order valence-electron chi connectivity index (χ3n) is 2.25. The standard InChI is InChI=1S/C6H8O3.Na/c7-5(8)4-1-6(4)2-9-3-6;/h4H,1-3H2,(H,7,8);/q;+1/p-1. The van der Waals surface area contributed by atoms with Crippen LogP contribution in [0.4, 0.5) is 0 Å². The number of carboxylic acid groups (broad SMARTS) is 1. The molecule has 0 radical (unpaired) electrons. The van der Waals surface area contributed by atoms with Gasteiger partial charge in [0, 0.05) is 17.3 Å². The van der Waals surface area contributed by atoms with Crippen LogP contribution in [0.15, 0.2) is 0 Å². The molecule has 50 valence electrons. The van der Waals surface area contributed by atoms with Crippen molar-refractivity contribution in [2.45, 2.75) is 6.42 Å². The molecule has 1 unspecified atom stereocenters. The van der Waals surface area contributed by atoms with Crippen LogP contribution in [0.25, 0.3) is 0 Å². The molecule has 1 aliphatic heterocycles. The third-order valence-corrected chi connectivity index (χ3v) is 2.25. The number of carbonyl (C=O) groups excluding carboxylic acids is 1. The van der Waals surface area contributed by atoms with Crippen molar-refractivity contribution >= 4 is 5.97 Å². The van der Waals surface area contributed by atoms with Gasteiger partial charge >= 0.3 is 29.6 Å². The molecule has 0 bridgehead atoms. The number of aliphatic carboxylic acids is 1. The molecule has 4 heteroatoms. The second kappa shape index (κ2) is 2.48. The molecule has 0 N–H and O–H groups in total. The first-order chi connectivity index (χ1) is 4.25. The molecule has 1 aliphatic carbocycles. The van der Waals surface area contributed by atoms with Gasteiger partial charge < -0.3 is 14.6 Å². The van der Waals surface area contributed by atoms with E-state index in [2.05, 4.69) is 0 Å². The topological polar surface area (TPSA) is 49.4 Å². The first kappa shape index (κ1) is 8.53. The van der Waals surface area contributed by atoms with Crippen LogP contribution in [-0.4, -0.2) is 19.2 Å². The van der Waals surface area contributed by atoms with Crippen molar-refractivity contribution in [3.05, 3.63) is 0 Å². The van der Waals surface area contributed by atoms with Crippen molar-refractivity contribution in [3.63, 3.8) is 0 Å². The van der Waals surface area contributed by atoms with E-state index in [-0.39, 0.29) is 40.9 Å². The zero-order valence-electron chi connectivity index (χ0n) is 5.92. The predicted molar refractivity (Wildman–Crippen MR) is 26.4 cm³/mol. The molecular weight excluding hydrogens is 143 g/mol. The van der Waals surface area contributed by atoms with Gasteiger partial charge in [-0.3, -0.25) is 0 Å². The number of carboxylic acids is 1. The summed E-state index contributed by atoms with van der Waals surface area (Å²) in [5, 5.41) is 10.2. The molecule has 1 spiro atoms. The SMILES string of the molecule is O=C([O-])C1CC12COC2.[Na+]. The van der Waals surface area contributed by atoms with E-state index in [4.69, 9.17) is 4.74 Å². The first-order valence-electron chi connectivity index (χ1n) is 3.03. The molecule has 0 aromatic carbocycles. The van der Waals surface area contributed by atoms with Crippen molar-refractivity contribution in [2.75, 3.05) is 13.2 Å². The zero-order chi connectivity index (χ0) is 6.48. The van der Waals surface area contributed by atoms with E-state index in [0.29, 0.717) is 13.2 Å². The van der Waals surface area contributed by atoms with Gasteiger partial charge in [0.2, 0.25) is 0 Å². The predicted octanol–water partition coefficient (Wildman–Crippen LogP) is -4.22. The van der Waals surface area contributed by atoms with Gasteiger partial charge in [-0.15, -0.1) is 0 Å². The van der Waals surface area contributed by atoms with Crippen molar-refractivity contribution in [3.8, 4) is 0 Å². The van der Waals surface area contributed by atoms with Gasteiger partial charge in [-0.2, -0.15) is 0 Å². The van der Waals surface area contributed by atoms with Crippen LogP contribution >= 0.6 is 0 Å². The molecule has 0 amide bonds. The smallest absolute Gasteiger partial charge is 0.550 e. The average Bonchev–Trinajstić information content (AvgIpc) is 2.34. The summed E-state index contributed by atoms with van der Waals surface area (Å²) in [6, 6.07) is 0. The molecule has 2 rings (SSSR count). The van der Waals surface area contributed by atoms with Crippen LogP contribution in [0.5, 0.6) is 0 Å². The van der Waals surface area contributed by atoms with Gasteiger partial charge in [0.15, 0.2) is 0 Å². The van der Waals surface area contributed by atoms with Crippen LogP contribution in [0.2, 0.25) is 0 Å². The summed E-state index contributed by atoms with van der Waals surface area (Å²) in [7, 11) is 0. The zero-order valence-corrected chi connectivity index (χ0v) is 7.92. The van der Waals surface area contributed by atoms with E-state index in [9.17, 15) is 9.90 Å². The molecule has 0 aromatic heterocycles. The van der Waals surface area contributed by atoms with Crippen LogP contribution in [0, 0.1) is 11.3 Å². The van der Waals surface area contributed by atoms with Gasteiger partial charge in [-0.05, 0) is 6.42 Å². The van der Waals surface area contributed by atoms with Gasteiger partial charge in [0.05, 0.1) is 13.2 Å². The Balaban J connectivity index is 0.000000500. The van der Waals surface area contributed by atoms with E-state index < -0.39 is 5.97 Å². The minimum Gasteiger partial charge on any atom is -0.550 e. The fourth-order valence-electron chi connectivity index (χ4n) is 1.36. The second-order valence-corrected chi connectivity index (χ2v) is 2.93. The molecule has 3 nitrogen and oxygen atoms in total. The molecule has 2 fully saturated rings. The summed E-state index contributed by atoms with van der Waals surface area (Å²) in [5.41, 5.74) is 0.0266. The maximum absolute atomic E-state index is 10.2. The molecule has 2 aliphatic rings. The van der Waals surface area contributed by atoms with E-state index in [1.807, 2.05) is 0 Å². The Morgan fingerprint density at radius 3 is 2.30 bits per heavy atom. The number of carbonyl (C=O) groups is 1. The monoisotopic (exact) mass is 150 g/mol. The second-order valence-electron chi connectivity index (χ2n) is 2.93. The van der Waals surface area contributed by atoms with Crippen LogP contribution in [0.3, 0.4) is 0 Å². The number of ether oxygens (including phenoxy) is 1. The minimum atomic E-state index is -0.904. The van der Waals surface area contributed by atoms with Crippen LogP contribution < -0.4 is 34.7 Å². The molecular formula is C6H7NaO3. The Labute approximate surface area is 81.0 Å². The van der Waals surface area contributed by atoms with Gasteiger partial charge in [0.25, 0.3) is 0 Å². The molecule has 0 aromatic rings. The summed E-state index contributed by atoms with van der Waals surface area (Å²) in [6.45, 7) is 1.26. The Morgan fingerprint density at radius 1 is 1.60 bits per heavy atom. The maximum Gasteiger partial charge on any atom is 1.00 e. The van der Waals surface area contributed by atoms with Crippen LogP contribution in [-0.2, 0) is 9.53 Å². The van der Waals surface area contributed by atoms with E-state index in [1.54, 1.807) is 0 Å². The number of hydrogen-bond acceptors (Lipinski definition) is 3. The Bertz CT molecular complexity index is 164. The number of rotatable bonds is 1. The Hall–Kier alpha value is 0.430. The Kier molecular flexibility index (Phi) is 2.12. The van der Waals surface area contributed by atoms with Crippen molar-refractivity contribution in [2.24, 2.45) is 11.3 Å². The average molecular weight is 150 g/mol. The quantitative estimate of drug-likeness (QED) is 0.356. The summed E-state index contributed by atoms with van der Waals surface area (Å²) >= 11 is 0. The molecule has 1 atom stereocenters. The van der Waals surface area contributed by atoms with Crippen molar-refractivity contribution < 1.29 is 44.2 Å². The fraction of sp³-hybridized carbons (Fsp3) is 0.833. The maximum atomic E-state index is 10.2. The summed E-state index contributed by atoms with van der Waals surface area (Å²) in [6.07, 6.45) is 0.773. The van der Waals surface area contributed by atoms with E-state index >= 15 is 0 Å². The number of hydrogen-bond donors (Lipinski definition) is 0. The van der Waals surface area contributed by atoms with E-state index in [1.165, 1.54) is 0 Å². The fourth-order valence-corrected chi connectivity index (χ4v) is 1.36. The normalized spacial score (nSPS) is 32.2. The first-order valence-corrected chi connectivity index (χ1v) is 3.03. The summed E-state index contributed by atoms with van der Waals surface area (Å²) < 4.78 is 4.89. The van der Waals surface area contributed by atoms with Crippen molar-refractivity contribution in [1.82, 2.24) is 0 Å².